The van der Waals surface area contributed by atoms with E-state index in [-0.39, 0.29) is 5.60 Å². The van der Waals surface area contributed by atoms with Gasteiger partial charge in [0.1, 0.15) is 0 Å². The van der Waals surface area contributed by atoms with Crippen LogP contribution in [0.2, 0.25) is 0 Å². The largest absolute Gasteiger partial charge is 0.377 e. The molecule has 1 rings (SSSR count). The van der Waals surface area contributed by atoms with Crippen molar-refractivity contribution < 1.29 is 4.74 Å². The molecule has 0 aromatic heterocycles. The molecule has 1 saturated carbocycles. The van der Waals surface area contributed by atoms with Crippen molar-refractivity contribution in [1.82, 2.24) is 4.90 Å². The van der Waals surface area contributed by atoms with Crippen LogP contribution in [0.1, 0.15) is 39.0 Å². The van der Waals surface area contributed by atoms with Gasteiger partial charge >= 0.3 is 0 Å². The predicted octanol–water partition coefficient (Wildman–Crippen LogP) is 2.29. The number of hydrogen-bond acceptors (Lipinski definition) is 2. The van der Waals surface area contributed by atoms with Gasteiger partial charge in [-0.1, -0.05) is 26.2 Å². The van der Waals surface area contributed by atoms with Crippen LogP contribution in [-0.2, 0) is 4.74 Å². The maximum absolute atomic E-state index is 5.71. The molecule has 0 N–H and O–H groups in total. The van der Waals surface area contributed by atoms with E-state index in [0.29, 0.717) is 0 Å². The molecule has 2 nitrogen and oxygen atoms in total. The zero-order valence-electron chi connectivity index (χ0n) is 9.31. The zero-order valence-corrected chi connectivity index (χ0v) is 9.31. The van der Waals surface area contributed by atoms with Gasteiger partial charge in [0, 0.05) is 13.7 Å². The molecule has 1 fully saturated rings. The van der Waals surface area contributed by atoms with Crippen molar-refractivity contribution in [1.29, 1.82) is 0 Å². The topological polar surface area (TPSA) is 12.5 Å². The first kappa shape index (κ1) is 11.0. The van der Waals surface area contributed by atoms with Crippen LogP contribution in [0, 0.1) is 0 Å². The average molecular weight is 185 g/mol. The van der Waals surface area contributed by atoms with E-state index in [0.717, 1.165) is 13.1 Å². The van der Waals surface area contributed by atoms with Crippen LogP contribution in [0.15, 0.2) is 0 Å². The van der Waals surface area contributed by atoms with Crippen molar-refractivity contribution in [3.05, 3.63) is 0 Å². The van der Waals surface area contributed by atoms with Crippen molar-refractivity contribution in [3.8, 4) is 0 Å². The highest BCUT2D eigenvalue weighted by Gasteiger charge is 2.32. The van der Waals surface area contributed by atoms with E-state index >= 15 is 0 Å². The lowest BCUT2D eigenvalue weighted by atomic mass is 9.84. The summed E-state index contributed by atoms with van der Waals surface area (Å²) >= 11 is 0. The lowest BCUT2D eigenvalue weighted by Crippen LogP contribution is -2.44. The van der Waals surface area contributed by atoms with E-state index in [1.165, 1.54) is 32.1 Å². The third kappa shape index (κ3) is 2.96. The first-order valence-electron chi connectivity index (χ1n) is 5.46. The Hall–Kier alpha value is -0.0800. The molecule has 0 unspecified atom stereocenters. The molecule has 2 heteroatoms. The summed E-state index contributed by atoms with van der Waals surface area (Å²) < 4.78 is 5.71. The average Bonchev–Trinajstić information content (AvgIpc) is 2.19. The Labute approximate surface area is 82.3 Å². The summed E-state index contributed by atoms with van der Waals surface area (Å²) in [6.45, 7) is 4.41. The summed E-state index contributed by atoms with van der Waals surface area (Å²) in [4.78, 5) is 2.36. The SMILES string of the molecule is CCN(C)CC1(OC)CCCCC1. The molecule has 0 amide bonds. The maximum atomic E-state index is 5.71. The lowest BCUT2D eigenvalue weighted by molar-refractivity contribution is -0.0571. The second kappa shape index (κ2) is 4.97. The molecule has 0 aromatic carbocycles. The van der Waals surface area contributed by atoms with E-state index in [9.17, 15) is 0 Å². The first-order valence-corrected chi connectivity index (χ1v) is 5.46. The smallest absolute Gasteiger partial charge is 0.0804 e. The van der Waals surface area contributed by atoms with Gasteiger partial charge in [0.15, 0.2) is 0 Å². The quantitative estimate of drug-likeness (QED) is 0.666. The minimum Gasteiger partial charge on any atom is -0.377 e. The third-order valence-corrected chi connectivity index (χ3v) is 3.30. The van der Waals surface area contributed by atoms with Crippen LogP contribution in [0.3, 0.4) is 0 Å². The summed E-state index contributed by atoms with van der Waals surface area (Å²) in [5.74, 6) is 0. The fourth-order valence-electron chi connectivity index (χ4n) is 2.23. The van der Waals surface area contributed by atoms with Gasteiger partial charge in [-0.05, 0) is 26.4 Å². The molecule has 0 bridgehead atoms. The Morgan fingerprint density at radius 2 is 1.85 bits per heavy atom. The van der Waals surface area contributed by atoms with Crippen LogP contribution >= 0.6 is 0 Å². The predicted molar refractivity (Wildman–Crippen MR) is 56.0 cm³/mol. The Kier molecular flexibility index (Phi) is 4.20. The van der Waals surface area contributed by atoms with Gasteiger partial charge in [-0.3, -0.25) is 0 Å². The van der Waals surface area contributed by atoms with Crippen LogP contribution < -0.4 is 0 Å². The fraction of sp³-hybridized carbons (Fsp3) is 1.00. The second-order valence-corrected chi connectivity index (χ2v) is 4.28. The van der Waals surface area contributed by atoms with Gasteiger partial charge < -0.3 is 9.64 Å². The third-order valence-electron chi connectivity index (χ3n) is 3.30. The monoisotopic (exact) mass is 185 g/mol. The molecular formula is C11H23NO. The molecule has 0 radical (unpaired) electrons. The van der Waals surface area contributed by atoms with Gasteiger partial charge in [0.25, 0.3) is 0 Å². The molecule has 78 valence electrons. The van der Waals surface area contributed by atoms with Crippen LogP contribution in [0.25, 0.3) is 0 Å². The fourth-order valence-corrected chi connectivity index (χ4v) is 2.23. The van der Waals surface area contributed by atoms with E-state index in [1.54, 1.807) is 0 Å². The lowest BCUT2D eigenvalue weighted by Gasteiger charge is -2.38. The van der Waals surface area contributed by atoms with Crippen LogP contribution in [0.5, 0.6) is 0 Å². The van der Waals surface area contributed by atoms with Crippen LogP contribution in [0.4, 0.5) is 0 Å². The van der Waals surface area contributed by atoms with Crippen molar-refractivity contribution in [2.24, 2.45) is 0 Å². The van der Waals surface area contributed by atoms with Crippen molar-refractivity contribution in [2.45, 2.75) is 44.6 Å². The minimum absolute atomic E-state index is 0.170. The zero-order chi connectivity index (χ0) is 9.73. The normalized spacial score (nSPS) is 22.2. The molecule has 0 aliphatic heterocycles. The number of nitrogens with zero attached hydrogens (tertiary/aromatic N) is 1. The van der Waals surface area contributed by atoms with Gasteiger partial charge in [0.2, 0.25) is 0 Å². The number of hydrogen-bond donors (Lipinski definition) is 0. The molecular weight excluding hydrogens is 162 g/mol. The molecule has 13 heavy (non-hydrogen) atoms. The van der Waals surface area contributed by atoms with Gasteiger partial charge in [-0.2, -0.15) is 0 Å². The van der Waals surface area contributed by atoms with E-state index in [2.05, 4.69) is 18.9 Å². The second-order valence-electron chi connectivity index (χ2n) is 4.28. The summed E-state index contributed by atoms with van der Waals surface area (Å²) in [6, 6.07) is 0. The Morgan fingerprint density at radius 3 is 2.31 bits per heavy atom. The van der Waals surface area contributed by atoms with Crippen molar-refractivity contribution in [2.75, 3.05) is 27.2 Å². The van der Waals surface area contributed by atoms with Gasteiger partial charge in [0.05, 0.1) is 5.60 Å². The van der Waals surface area contributed by atoms with Crippen LogP contribution in [-0.4, -0.2) is 37.7 Å². The van der Waals surface area contributed by atoms with E-state index < -0.39 is 0 Å². The standard InChI is InChI=1S/C11H23NO/c1-4-12(2)10-11(13-3)8-6-5-7-9-11/h4-10H2,1-3H3. The molecule has 1 aliphatic carbocycles. The molecule has 0 heterocycles. The highest BCUT2D eigenvalue weighted by Crippen LogP contribution is 2.31. The van der Waals surface area contributed by atoms with Gasteiger partial charge in [-0.25, -0.2) is 0 Å². The number of rotatable bonds is 4. The van der Waals surface area contributed by atoms with Crippen molar-refractivity contribution >= 4 is 0 Å². The summed E-state index contributed by atoms with van der Waals surface area (Å²) in [5.41, 5.74) is 0.170. The molecule has 0 aromatic rings. The highest BCUT2D eigenvalue weighted by atomic mass is 16.5. The Bertz CT molecular complexity index is 141. The summed E-state index contributed by atoms with van der Waals surface area (Å²) in [5, 5.41) is 0. The summed E-state index contributed by atoms with van der Waals surface area (Å²) in [6.07, 6.45) is 6.55. The molecule has 0 spiro atoms. The highest BCUT2D eigenvalue weighted by molar-refractivity contribution is 4.86. The summed E-state index contributed by atoms with van der Waals surface area (Å²) in [7, 11) is 4.05. The molecule has 1 aliphatic rings. The van der Waals surface area contributed by atoms with Gasteiger partial charge in [-0.15, -0.1) is 0 Å². The maximum Gasteiger partial charge on any atom is 0.0804 e. The Balaban J connectivity index is 2.47. The van der Waals surface area contributed by atoms with Crippen molar-refractivity contribution in [3.63, 3.8) is 0 Å². The molecule has 0 atom stereocenters. The number of likely N-dealkylation sites (N-methyl/N-ethyl adjacent to an activating group) is 1. The minimum atomic E-state index is 0.170. The number of methoxy groups -OCH3 is 1. The Morgan fingerprint density at radius 1 is 1.23 bits per heavy atom. The number of ether oxygens (including phenoxy) is 1. The first-order chi connectivity index (χ1) is 6.22. The van der Waals surface area contributed by atoms with E-state index in [1.807, 2.05) is 7.11 Å². The van der Waals surface area contributed by atoms with E-state index in [4.69, 9.17) is 4.74 Å². The molecule has 0 saturated heterocycles.